The molecule has 0 spiro atoms. The molecule has 2 amide bonds. The highest BCUT2D eigenvalue weighted by atomic mass is 16.5. The number of nitrogens with one attached hydrogen (secondary N) is 2. The summed E-state index contributed by atoms with van der Waals surface area (Å²) in [6, 6.07) is 18.4. The number of rotatable bonds is 6. The van der Waals surface area contributed by atoms with E-state index in [9.17, 15) is 14.8 Å². The molecule has 2 heterocycles. The number of anilines is 1. The third-order valence-electron chi connectivity index (χ3n) is 7.66. The van der Waals surface area contributed by atoms with Crippen LogP contribution in [0.3, 0.4) is 0 Å². The van der Waals surface area contributed by atoms with Crippen molar-refractivity contribution in [3.05, 3.63) is 93.9 Å². The van der Waals surface area contributed by atoms with Crippen molar-refractivity contribution >= 4 is 17.5 Å². The molecule has 5 rings (SSSR count). The van der Waals surface area contributed by atoms with Crippen molar-refractivity contribution in [2.75, 3.05) is 45.7 Å². The highest BCUT2D eigenvalue weighted by molar-refractivity contribution is 6.04. The van der Waals surface area contributed by atoms with Crippen LogP contribution in [0.25, 0.3) is 22.5 Å². The van der Waals surface area contributed by atoms with Crippen LogP contribution in [-0.2, 0) is 0 Å². The first-order valence-electron chi connectivity index (χ1n) is 13.6. The second kappa shape index (κ2) is 11.5. The van der Waals surface area contributed by atoms with Crippen LogP contribution in [0.15, 0.2) is 60.7 Å². The fraction of sp³-hybridized carbons (Fsp3) is 0.281. The number of aromatic nitrogens is 2. The number of H-pyrrole nitrogens is 1. The van der Waals surface area contributed by atoms with E-state index in [0.29, 0.717) is 46.1 Å². The number of aromatic amines is 1. The lowest BCUT2D eigenvalue weighted by Crippen LogP contribution is -2.47. The van der Waals surface area contributed by atoms with Crippen molar-refractivity contribution in [2.45, 2.75) is 20.8 Å². The second-order valence-corrected chi connectivity index (χ2v) is 10.6. The van der Waals surface area contributed by atoms with E-state index in [1.807, 2.05) is 56.1 Å². The van der Waals surface area contributed by atoms with Crippen molar-refractivity contribution in [3.63, 3.8) is 0 Å². The van der Waals surface area contributed by atoms with E-state index in [-0.39, 0.29) is 17.4 Å². The number of imidazole rings is 1. The molecule has 0 saturated carbocycles. The van der Waals surface area contributed by atoms with Gasteiger partial charge in [-0.15, -0.1) is 0 Å². The smallest absolute Gasteiger partial charge is 0.300 e. The molecule has 41 heavy (non-hydrogen) atoms. The molecule has 1 aliphatic rings. The Labute approximate surface area is 240 Å². The molecule has 0 radical (unpaired) electrons. The largest absolute Gasteiger partial charge is 0.710 e. The average molecular weight is 554 g/mol. The molecule has 9 heteroatoms. The Morgan fingerprint density at radius 2 is 1.63 bits per heavy atom. The summed E-state index contributed by atoms with van der Waals surface area (Å²) in [5.41, 5.74) is 6.03. The first kappa shape index (κ1) is 27.9. The van der Waals surface area contributed by atoms with Gasteiger partial charge in [-0.25, -0.2) is 9.71 Å². The van der Waals surface area contributed by atoms with Crippen molar-refractivity contribution in [3.8, 4) is 28.3 Å². The average Bonchev–Trinajstić information content (AvgIpc) is 3.26. The fourth-order valence-electron chi connectivity index (χ4n) is 5.41. The van der Waals surface area contributed by atoms with E-state index in [0.717, 1.165) is 35.3 Å². The Balaban J connectivity index is 1.42. The Hall–Kier alpha value is -4.63. The zero-order valence-corrected chi connectivity index (χ0v) is 24.1. The molecule has 0 bridgehead atoms. The minimum absolute atomic E-state index is 0.0414. The van der Waals surface area contributed by atoms with Gasteiger partial charge in [0.05, 0.1) is 12.7 Å². The van der Waals surface area contributed by atoms with E-state index in [1.54, 1.807) is 44.4 Å². The van der Waals surface area contributed by atoms with Crippen LogP contribution < -0.4 is 14.8 Å². The number of carbonyl (C=O) groups excluding carboxylic acids is 2. The Morgan fingerprint density at radius 3 is 2.32 bits per heavy atom. The number of benzene rings is 3. The maximum Gasteiger partial charge on any atom is 0.300 e. The number of hydrogen-bond acceptors (Lipinski definition) is 5. The zero-order chi connectivity index (χ0) is 29.3. The number of piperazine rings is 1. The maximum absolute atomic E-state index is 13.5. The molecule has 3 aromatic carbocycles. The number of amides is 2. The summed E-state index contributed by atoms with van der Waals surface area (Å²) in [5, 5.41) is 16.3. The molecule has 0 atom stereocenters. The predicted molar refractivity (Wildman–Crippen MR) is 159 cm³/mol. The van der Waals surface area contributed by atoms with Gasteiger partial charge in [-0.2, -0.15) is 0 Å². The molecule has 2 N–H and O–H groups in total. The molecular weight excluding hydrogens is 518 g/mol. The second-order valence-electron chi connectivity index (χ2n) is 10.6. The van der Waals surface area contributed by atoms with Gasteiger partial charge in [0.1, 0.15) is 5.75 Å². The summed E-state index contributed by atoms with van der Waals surface area (Å²) in [6.07, 6.45) is 0. The number of likely N-dealkylation sites (N-methyl/N-ethyl adjacent to an activating group) is 1. The van der Waals surface area contributed by atoms with Crippen molar-refractivity contribution in [2.24, 2.45) is 0 Å². The van der Waals surface area contributed by atoms with Crippen LogP contribution in [-0.4, -0.2) is 66.9 Å². The van der Waals surface area contributed by atoms with E-state index in [1.165, 1.54) is 0 Å². The lowest BCUT2D eigenvalue weighted by molar-refractivity contribution is -0.594. The number of hydrogen-bond donors (Lipinski definition) is 2. The number of nitrogens with zero attached hydrogens (tertiary/aromatic N) is 3. The fourth-order valence-corrected chi connectivity index (χ4v) is 5.41. The summed E-state index contributed by atoms with van der Waals surface area (Å²) >= 11 is 0. The van der Waals surface area contributed by atoms with Crippen LogP contribution in [0.1, 0.15) is 37.7 Å². The quantitative estimate of drug-likeness (QED) is 0.269. The van der Waals surface area contributed by atoms with Crippen molar-refractivity contribution in [1.82, 2.24) is 14.8 Å². The number of carbonyl (C=O) groups is 2. The van der Waals surface area contributed by atoms with Gasteiger partial charge in [0.2, 0.25) is 5.69 Å². The summed E-state index contributed by atoms with van der Waals surface area (Å²) in [4.78, 5) is 33.5. The van der Waals surface area contributed by atoms with Gasteiger partial charge in [-0.05, 0) is 74.0 Å². The minimum Gasteiger partial charge on any atom is -0.710 e. The molecule has 4 aromatic rings. The van der Waals surface area contributed by atoms with Gasteiger partial charge in [0.15, 0.2) is 5.69 Å². The first-order valence-corrected chi connectivity index (χ1v) is 13.6. The Bertz CT molecular complexity index is 1600. The minimum atomic E-state index is -0.562. The molecule has 9 nitrogen and oxygen atoms in total. The highest BCUT2D eigenvalue weighted by Crippen LogP contribution is 2.37. The monoisotopic (exact) mass is 553 g/mol. The van der Waals surface area contributed by atoms with Crippen LogP contribution in [0.2, 0.25) is 0 Å². The van der Waals surface area contributed by atoms with Crippen LogP contribution in [0.5, 0.6) is 5.75 Å². The van der Waals surface area contributed by atoms with Gasteiger partial charge in [-0.1, -0.05) is 24.3 Å². The Morgan fingerprint density at radius 1 is 0.951 bits per heavy atom. The van der Waals surface area contributed by atoms with Crippen LogP contribution >= 0.6 is 0 Å². The summed E-state index contributed by atoms with van der Waals surface area (Å²) in [5.74, 6) is 0.303. The highest BCUT2D eigenvalue weighted by Gasteiger charge is 2.27. The zero-order valence-electron chi connectivity index (χ0n) is 24.1. The third-order valence-corrected chi connectivity index (χ3v) is 7.66. The molecule has 1 aliphatic heterocycles. The molecule has 1 aromatic heterocycles. The summed E-state index contributed by atoms with van der Waals surface area (Å²) in [7, 11) is 3.65. The maximum atomic E-state index is 13.5. The molecular formula is C32H35N5O4. The van der Waals surface area contributed by atoms with E-state index in [4.69, 9.17) is 4.74 Å². The molecule has 1 saturated heterocycles. The molecule has 1 fully saturated rings. The first-order chi connectivity index (χ1) is 19.7. The third kappa shape index (κ3) is 5.53. The van der Waals surface area contributed by atoms with E-state index < -0.39 is 5.91 Å². The van der Waals surface area contributed by atoms with Gasteiger partial charge < -0.3 is 25.1 Å². The van der Waals surface area contributed by atoms with Crippen LogP contribution in [0.4, 0.5) is 5.69 Å². The number of methoxy groups -OCH3 is 1. The normalized spacial score (nSPS) is 13.7. The number of ether oxygens (including phenoxy) is 1. The van der Waals surface area contributed by atoms with Gasteiger partial charge in [0, 0.05) is 49.9 Å². The van der Waals surface area contributed by atoms with Crippen LogP contribution in [0, 0.1) is 26.0 Å². The predicted octanol–water partition coefficient (Wildman–Crippen LogP) is 4.56. The molecule has 212 valence electrons. The Kier molecular flexibility index (Phi) is 7.81. The summed E-state index contributed by atoms with van der Waals surface area (Å²) < 4.78 is 6.27. The van der Waals surface area contributed by atoms with E-state index >= 15 is 0 Å². The molecule has 0 aliphatic carbocycles. The summed E-state index contributed by atoms with van der Waals surface area (Å²) in [6.45, 7) is 8.72. The van der Waals surface area contributed by atoms with Gasteiger partial charge in [0.25, 0.3) is 17.6 Å². The lowest BCUT2D eigenvalue weighted by atomic mass is 9.93. The topological polar surface area (TPSA) is 105 Å². The van der Waals surface area contributed by atoms with Gasteiger partial charge in [-0.3, -0.25) is 9.59 Å². The lowest BCUT2D eigenvalue weighted by Gasteiger charge is -2.32. The SMILES string of the molecule is COc1ccc(-c2[nH]c(C)c(C(=O)Nc3cccc(C(=O)N4CCN(C)CC4)c3)[n+]2[O-])cc1-c1c(C)cccc1C. The number of aryl methyl sites for hydroxylation is 3. The van der Waals surface area contributed by atoms with Crippen molar-refractivity contribution in [1.29, 1.82) is 0 Å². The standard InChI is InChI=1S/C32H35N5O4/c1-20-8-6-9-21(2)28(20)26-19-23(12-13-27(26)41-5)30-33-22(3)29(37(30)40)31(38)34-25-11-7-10-24(18-25)32(39)36-16-14-35(4)15-17-36/h6-13,18-19,33H,14-17H2,1-5H3,(H,34,38). The van der Waals surface area contributed by atoms with E-state index in [2.05, 4.69) is 15.2 Å². The molecule has 0 unspecified atom stereocenters. The van der Waals surface area contributed by atoms with Crippen molar-refractivity contribution < 1.29 is 19.1 Å². The van der Waals surface area contributed by atoms with Gasteiger partial charge >= 0.3 is 0 Å².